The van der Waals surface area contributed by atoms with Gasteiger partial charge in [0.15, 0.2) is 12.4 Å². The van der Waals surface area contributed by atoms with Gasteiger partial charge >= 0.3 is 0 Å². The predicted octanol–water partition coefficient (Wildman–Crippen LogP) is 3.64. The molecule has 0 radical (unpaired) electrons. The third kappa shape index (κ3) is 4.31. The van der Waals surface area contributed by atoms with Gasteiger partial charge in [0.25, 0.3) is 11.8 Å². The molecular weight excluding hydrogens is 342 g/mol. The van der Waals surface area contributed by atoms with E-state index in [9.17, 15) is 4.79 Å². The van der Waals surface area contributed by atoms with Crippen molar-refractivity contribution in [3.05, 3.63) is 41.0 Å². The highest BCUT2D eigenvalue weighted by atomic mass is 35.5. The van der Waals surface area contributed by atoms with Crippen molar-refractivity contribution < 1.29 is 14.1 Å². The zero-order valence-electron chi connectivity index (χ0n) is 14.3. The van der Waals surface area contributed by atoms with Crippen molar-refractivity contribution in [1.29, 1.82) is 0 Å². The van der Waals surface area contributed by atoms with Crippen molar-refractivity contribution in [3.63, 3.8) is 0 Å². The minimum atomic E-state index is -0.584. The first-order valence-corrected chi connectivity index (χ1v) is 9.01. The SMILES string of the molecule is CCc1noc(C2(NC(=O)COc3ccc(Cl)cc3)CCCCC2)n1. The van der Waals surface area contributed by atoms with E-state index < -0.39 is 5.54 Å². The Morgan fingerprint density at radius 1 is 1.28 bits per heavy atom. The number of nitrogens with zero attached hydrogens (tertiary/aromatic N) is 2. The van der Waals surface area contributed by atoms with Gasteiger partial charge < -0.3 is 14.6 Å². The van der Waals surface area contributed by atoms with Crippen LogP contribution in [0.4, 0.5) is 0 Å². The normalized spacial score (nSPS) is 16.4. The lowest BCUT2D eigenvalue weighted by Crippen LogP contribution is -2.49. The molecule has 25 heavy (non-hydrogen) atoms. The predicted molar refractivity (Wildman–Crippen MR) is 93.5 cm³/mol. The Morgan fingerprint density at radius 2 is 2.00 bits per heavy atom. The first kappa shape index (κ1) is 17.7. The number of carbonyl (C=O) groups excluding carboxylic acids is 1. The lowest BCUT2D eigenvalue weighted by atomic mass is 9.81. The minimum absolute atomic E-state index is 0.0713. The molecule has 1 N–H and O–H groups in total. The molecule has 1 aliphatic carbocycles. The fourth-order valence-electron chi connectivity index (χ4n) is 3.12. The summed E-state index contributed by atoms with van der Waals surface area (Å²) in [5.74, 6) is 1.56. The second-order valence-electron chi connectivity index (χ2n) is 6.30. The number of halogens is 1. The lowest BCUT2D eigenvalue weighted by molar-refractivity contribution is -0.126. The number of hydrogen-bond donors (Lipinski definition) is 1. The Kier molecular flexibility index (Phi) is 5.58. The number of ether oxygens (including phenoxy) is 1. The summed E-state index contributed by atoms with van der Waals surface area (Å²) in [6, 6.07) is 6.92. The van der Waals surface area contributed by atoms with Crippen LogP contribution in [0.3, 0.4) is 0 Å². The summed E-state index contributed by atoms with van der Waals surface area (Å²) in [6.45, 7) is 1.90. The standard InChI is InChI=1S/C18H22ClN3O3/c1-2-15-20-17(25-22-15)18(10-4-3-5-11-18)21-16(23)12-24-14-8-6-13(19)7-9-14/h6-9H,2-5,10-12H2,1H3,(H,21,23). The van der Waals surface area contributed by atoms with E-state index in [1.165, 1.54) is 0 Å². The van der Waals surface area contributed by atoms with E-state index in [1.807, 2.05) is 6.92 Å². The molecule has 1 aromatic heterocycles. The monoisotopic (exact) mass is 363 g/mol. The average molecular weight is 364 g/mol. The molecule has 1 saturated carbocycles. The van der Waals surface area contributed by atoms with Gasteiger partial charge in [-0.1, -0.05) is 42.9 Å². The van der Waals surface area contributed by atoms with E-state index in [2.05, 4.69) is 15.5 Å². The second-order valence-corrected chi connectivity index (χ2v) is 6.74. The third-order valence-electron chi connectivity index (χ3n) is 4.46. The molecule has 0 saturated heterocycles. The Bertz CT molecular complexity index is 709. The first-order chi connectivity index (χ1) is 12.1. The summed E-state index contributed by atoms with van der Waals surface area (Å²) in [4.78, 5) is 16.9. The summed E-state index contributed by atoms with van der Waals surface area (Å²) in [5.41, 5.74) is -0.584. The van der Waals surface area contributed by atoms with Crippen LogP contribution in [0.5, 0.6) is 5.75 Å². The Labute approximate surface area is 151 Å². The molecule has 1 heterocycles. The molecular formula is C18H22ClN3O3. The van der Waals surface area contributed by atoms with Gasteiger partial charge in [0.2, 0.25) is 0 Å². The molecule has 0 unspecified atom stereocenters. The first-order valence-electron chi connectivity index (χ1n) is 8.64. The molecule has 0 aliphatic heterocycles. The largest absolute Gasteiger partial charge is 0.484 e. The number of rotatable bonds is 6. The number of aromatic nitrogens is 2. The maximum Gasteiger partial charge on any atom is 0.258 e. The van der Waals surface area contributed by atoms with Gasteiger partial charge in [0, 0.05) is 11.4 Å². The number of amides is 1. The van der Waals surface area contributed by atoms with E-state index in [4.69, 9.17) is 20.9 Å². The van der Waals surface area contributed by atoms with E-state index in [-0.39, 0.29) is 12.5 Å². The van der Waals surface area contributed by atoms with Crippen molar-refractivity contribution in [2.24, 2.45) is 0 Å². The fourth-order valence-corrected chi connectivity index (χ4v) is 3.25. The molecule has 3 rings (SSSR count). The molecule has 1 amide bonds. The second kappa shape index (κ2) is 7.87. The van der Waals surface area contributed by atoms with Crippen molar-refractivity contribution in [1.82, 2.24) is 15.5 Å². The molecule has 7 heteroatoms. The quantitative estimate of drug-likeness (QED) is 0.847. The van der Waals surface area contributed by atoms with Gasteiger partial charge in [0.1, 0.15) is 11.3 Å². The molecule has 0 bridgehead atoms. The summed E-state index contributed by atoms with van der Waals surface area (Å²) < 4.78 is 11.0. The van der Waals surface area contributed by atoms with Gasteiger partial charge in [-0.2, -0.15) is 4.98 Å². The highest BCUT2D eigenvalue weighted by Gasteiger charge is 2.40. The average Bonchev–Trinajstić information content (AvgIpc) is 3.12. The molecule has 1 fully saturated rings. The highest BCUT2D eigenvalue weighted by Crippen LogP contribution is 2.36. The molecule has 6 nitrogen and oxygen atoms in total. The number of aryl methyl sites for hydroxylation is 1. The molecule has 1 aromatic carbocycles. The van der Waals surface area contributed by atoms with Crippen LogP contribution in [-0.4, -0.2) is 22.7 Å². The van der Waals surface area contributed by atoms with Gasteiger partial charge in [-0.25, -0.2) is 0 Å². The summed E-state index contributed by atoms with van der Waals surface area (Å²) in [7, 11) is 0. The van der Waals surface area contributed by atoms with Crippen LogP contribution >= 0.6 is 11.6 Å². The molecule has 0 atom stereocenters. The molecule has 2 aromatic rings. The van der Waals surface area contributed by atoms with Crippen LogP contribution in [0.1, 0.15) is 50.7 Å². The fraction of sp³-hybridized carbons (Fsp3) is 0.500. The topological polar surface area (TPSA) is 77.2 Å². The van der Waals surface area contributed by atoms with Gasteiger partial charge in [0.05, 0.1) is 0 Å². The van der Waals surface area contributed by atoms with Crippen LogP contribution in [0, 0.1) is 0 Å². The highest BCUT2D eigenvalue weighted by molar-refractivity contribution is 6.30. The van der Waals surface area contributed by atoms with Gasteiger partial charge in [-0.05, 0) is 37.1 Å². The summed E-state index contributed by atoms with van der Waals surface area (Å²) in [6.07, 6.45) is 5.47. The summed E-state index contributed by atoms with van der Waals surface area (Å²) >= 11 is 5.85. The van der Waals surface area contributed by atoms with Crippen LogP contribution in [-0.2, 0) is 16.8 Å². The smallest absolute Gasteiger partial charge is 0.258 e. The Balaban J connectivity index is 1.67. The maximum atomic E-state index is 12.5. The number of hydrogen-bond acceptors (Lipinski definition) is 5. The zero-order valence-corrected chi connectivity index (χ0v) is 15.0. The van der Waals surface area contributed by atoms with Crippen molar-refractivity contribution in [2.45, 2.75) is 51.0 Å². The molecule has 1 aliphatic rings. The van der Waals surface area contributed by atoms with E-state index in [0.29, 0.717) is 28.9 Å². The van der Waals surface area contributed by atoms with Crippen LogP contribution in [0.15, 0.2) is 28.8 Å². The van der Waals surface area contributed by atoms with E-state index >= 15 is 0 Å². The number of benzene rings is 1. The number of nitrogens with one attached hydrogen (secondary N) is 1. The maximum absolute atomic E-state index is 12.5. The minimum Gasteiger partial charge on any atom is -0.484 e. The van der Waals surface area contributed by atoms with Gasteiger partial charge in [-0.15, -0.1) is 0 Å². The number of carbonyl (C=O) groups is 1. The third-order valence-corrected chi connectivity index (χ3v) is 4.72. The summed E-state index contributed by atoms with van der Waals surface area (Å²) in [5, 5.41) is 7.69. The molecule has 134 valence electrons. The Morgan fingerprint density at radius 3 is 2.64 bits per heavy atom. The van der Waals surface area contributed by atoms with Gasteiger partial charge in [-0.3, -0.25) is 4.79 Å². The van der Waals surface area contributed by atoms with Crippen molar-refractivity contribution in [3.8, 4) is 5.75 Å². The van der Waals surface area contributed by atoms with Crippen molar-refractivity contribution in [2.75, 3.05) is 6.61 Å². The van der Waals surface area contributed by atoms with Crippen LogP contribution < -0.4 is 10.1 Å². The van der Waals surface area contributed by atoms with Crippen LogP contribution in [0.2, 0.25) is 5.02 Å². The molecule has 0 spiro atoms. The van der Waals surface area contributed by atoms with E-state index in [0.717, 1.165) is 32.1 Å². The van der Waals surface area contributed by atoms with Crippen LogP contribution in [0.25, 0.3) is 0 Å². The van der Waals surface area contributed by atoms with Crippen molar-refractivity contribution >= 4 is 17.5 Å². The lowest BCUT2D eigenvalue weighted by Gasteiger charge is -2.34. The Hall–Kier alpha value is -2.08. The zero-order chi connectivity index (χ0) is 17.7. The van der Waals surface area contributed by atoms with E-state index in [1.54, 1.807) is 24.3 Å².